The standard InChI is InChI=1S/C73H130N10O17/c1-25-54-69(92)76(17)51(15)67(90)81(22)61(52(16)99-34-29-27-31-83-32-36-98-37-33-83)59(85)42-53(46(8)9)68(91)77(18)55(38-43(2)3)58(84)41-49(13)64(87)74-50(14)66(89)78(19)56(39-44(4)5)70(93)79(20)57(40-45(6)7)71(94)80(21)60(47(10)11)72(95)82(23)62(65(88)75-54)63(86)48(12)30-26-28-35-100-73(96)97-24/h43-57,60-63,86H,25-42H2,1-24H3,(H,74,87)(H,75,88)/t48-,49-,50-,51-,52-,53+,54+,55+,56+,57+,60+,61+,62+,63-/m1/s1. The average Bonchev–Trinajstić information content (AvgIpc) is 0.809. The SMILES string of the molecule is CC[C@@H]1NC(=O)[C@H]([C@H](O)[C@H](C)CCCCOC(=O)OC)N(C)C(=O)[C@H](C(C)C)N(C)C(=O)[C@H](CC(C)C)N(C)C(=O)[C@H](CC(C)C)N(C)C(=O)[C@@H](C)NC(=O)[C@H](C)CC(=O)[C@H](CC(C)C)N(C)C(=O)[C@H](C(C)C)CC(=O)[C@H]([C@@H](C)OCCCCN2CCOCC2)N(C)C(=O)[C@@H](C)N(C)C1=O. The van der Waals surface area contributed by atoms with E-state index in [-0.39, 0.29) is 75.9 Å². The number of aliphatic hydroxyl groups is 1. The van der Waals surface area contributed by atoms with Crippen LogP contribution in [0.4, 0.5) is 4.79 Å². The maximum atomic E-state index is 15.4. The van der Waals surface area contributed by atoms with Gasteiger partial charge in [0.1, 0.15) is 48.3 Å². The molecule has 27 nitrogen and oxygen atoms in total. The minimum atomic E-state index is -1.71. The van der Waals surface area contributed by atoms with Crippen LogP contribution in [-0.4, -0.2) is 284 Å². The highest BCUT2D eigenvalue weighted by molar-refractivity contribution is 6.00. The molecular formula is C73H130N10O17. The number of nitrogens with zero attached hydrogens (tertiary/aromatic N) is 8. The molecule has 0 spiro atoms. The number of ketones is 2. The van der Waals surface area contributed by atoms with Crippen LogP contribution in [0.2, 0.25) is 0 Å². The van der Waals surface area contributed by atoms with Gasteiger partial charge >= 0.3 is 6.16 Å². The van der Waals surface area contributed by atoms with E-state index < -0.39 is 167 Å². The van der Waals surface area contributed by atoms with Gasteiger partial charge in [-0.3, -0.25) is 57.6 Å². The van der Waals surface area contributed by atoms with Crippen molar-refractivity contribution in [1.82, 2.24) is 49.8 Å². The molecule has 0 unspecified atom stereocenters. The van der Waals surface area contributed by atoms with Crippen molar-refractivity contribution in [3.63, 3.8) is 0 Å². The highest BCUT2D eigenvalue weighted by atomic mass is 16.7. The third-order valence-electron chi connectivity index (χ3n) is 19.9. The quantitative estimate of drug-likeness (QED) is 0.0863. The van der Waals surface area contributed by atoms with Crippen LogP contribution in [0.15, 0.2) is 0 Å². The topological polar surface area (TPSA) is 312 Å². The van der Waals surface area contributed by atoms with Gasteiger partial charge in [-0.15, -0.1) is 0 Å². The lowest BCUT2D eigenvalue weighted by molar-refractivity contribution is -0.157. The van der Waals surface area contributed by atoms with Gasteiger partial charge in [-0.05, 0) is 121 Å². The van der Waals surface area contributed by atoms with E-state index in [0.29, 0.717) is 32.5 Å². The van der Waals surface area contributed by atoms with Crippen LogP contribution in [0.5, 0.6) is 0 Å². The average molecular weight is 1420 g/mol. The minimum Gasteiger partial charge on any atom is -0.438 e. The normalized spacial score (nSPS) is 26.8. The number of Topliss-reactive ketones (excluding diaryl/α,β-unsaturated/α-hetero) is 2. The second kappa shape index (κ2) is 42.9. The second-order valence-electron chi connectivity index (χ2n) is 30.1. The molecule has 2 aliphatic heterocycles. The Morgan fingerprint density at radius 2 is 1.03 bits per heavy atom. The van der Waals surface area contributed by atoms with Crippen LogP contribution < -0.4 is 10.6 Å². The zero-order valence-electron chi connectivity index (χ0n) is 65.3. The fraction of sp³-hybridized carbons (Fsp3) is 0.836. The first kappa shape index (κ1) is 89.8. The Labute approximate surface area is 597 Å². The minimum absolute atomic E-state index is 0.00311. The van der Waals surface area contributed by atoms with Crippen LogP contribution in [0.3, 0.4) is 0 Å². The third kappa shape index (κ3) is 26.2. The molecule has 0 aliphatic carbocycles. The molecule has 0 bridgehead atoms. The van der Waals surface area contributed by atoms with Crippen LogP contribution >= 0.6 is 0 Å². The number of hydrogen-bond acceptors (Lipinski definition) is 18. The number of ether oxygens (including phenoxy) is 4. The second-order valence-corrected chi connectivity index (χ2v) is 30.1. The number of morpholine rings is 1. The fourth-order valence-electron chi connectivity index (χ4n) is 13.3. The van der Waals surface area contributed by atoms with E-state index in [1.807, 2.05) is 41.5 Å². The number of methoxy groups -OCH3 is 1. The summed E-state index contributed by atoms with van der Waals surface area (Å²) in [5.41, 5.74) is 0. The van der Waals surface area contributed by atoms with Gasteiger partial charge in [0.15, 0.2) is 11.6 Å². The van der Waals surface area contributed by atoms with Crippen molar-refractivity contribution in [1.29, 1.82) is 0 Å². The molecule has 574 valence electrons. The summed E-state index contributed by atoms with van der Waals surface area (Å²) in [6.07, 6.45) is -1.24. The third-order valence-corrected chi connectivity index (χ3v) is 19.9. The molecule has 2 heterocycles. The molecular weight excluding hydrogens is 1290 g/mol. The predicted molar refractivity (Wildman–Crippen MR) is 381 cm³/mol. The maximum absolute atomic E-state index is 15.4. The molecule has 0 saturated carbocycles. The number of hydrogen-bond donors (Lipinski definition) is 3. The Kier molecular flexibility index (Phi) is 38.6. The number of likely N-dealkylation sites (N-methyl/N-ethyl adjacent to an activating group) is 7. The van der Waals surface area contributed by atoms with E-state index >= 15 is 33.6 Å². The van der Waals surface area contributed by atoms with Crippen molar-refractivity contribution >= 4 is 70.9 Å². The van der Waals surface area contributed by atoms with Crippen LogP contribution in [0.1, 0.15) is 181 Å². The molecule has 27 heteroatoms. The van der Waals surface area contributed by atoms with Gasteiger partial charge in [0.2, 0.25) is 53.2 Å². The van der Waals surface area contributed by atoms with Crippen LogP contribution in [-0.2, 0) is 71.7 Å². The fourth-order valence-corrected chi connectivity index (χ4v) is 13.3. The van der Waals surface area contributed by atoms with Gasteiger partial charge in [0, 0.05) is 93.7 Å². The molecule has 0 aromatic rings. The number of unbranched alkanes of at least 4 members (excludes halogenated alkanes) is 2. The van der Waals surface area contributed by atoms with Crippen molar-refractivity contribution in [3.8, 4) is 0 Å². The predicted octanol–water partition coefficient (Wildman–Crippen LogP) is 5.30. The zero-order valence-corrected chi connectivity index (χ0v) is 65.3. The van der Waals surface area contributed by atoms with Gasteiger partial charge < -0.3 is 69.0 Å². The summed E-state index contributed by atoms with van der Waals surface area (Å²) in [5, 5.41) is 18.0. The molecule has 2 rings (SSSR count). The smallest absolute Gasteiger partial charge is 0.438 e. The lowest BCUT2D eigenvalue weighted by atomic mass is 9.85. The summed E-state index contributed by atoms with van der Waals surface area (Å²) in [5.74, 6) is -11.4. The van der Waals surface area contributed by atoms with E-state index in [2.05, 4.69) is 20.3 Å². The highest BCUT2D eigenvalue weighted by Crippen LogP contribution is 2.29. The number of carbonyl (C=O) groups is 12. The number of carbonyl (C=O) groups excluding carboxylic acids is 12. The number of rotatable bonds is 23. The van der Waals surface area contributed by atoms with Gasteiger partial charge in [-0.25, -0.2) is 4.79 Å². The van der Waals surface area contributed by atoms with Crippen molar-refractivity contribution in [2.45, 2.75) is 248 Å². The van der Waals surface area contributed by atoms with Crippen molar-refractivity contribution in [3.05, 3.63) is 0 Å². The number of nitrogens with one attached hydrogen (secondary N) is 2. The van der Waals surface area contributed by atoms with Gasteiger partial charge in [-0.1, -0.05) is 90.0 Å². The van der Waals surface area contributed by atoms with Crippen molar-refractivity contribution in [2.24, 2.45) is 47.3 Å². The first-order valence-corrected chi connectivity index (χ1v) is 36.4. The maximum Gasteiger partial charge on any atom is 0.507 e. The molecule has 14 atom stereocenters. The van der Waals surface area contributed by atoms with Gasteiger partial charge in [0.05, 0.1) is 45.2 Å². The summed E-state index contributed by atoms with van der Waals surface area (Å²) in [7, 11) is 11.2. The Balaban J connectivity index is 3.02. The van der Waals surface area contributed by atoms with Crippen LogP contribution in [0.25, 0.3) is 0 Å². The van der Waals surface area contributed by atoms with Crippen LogP contribution in [0, 0.1) is 47.3 Å². The first-order chi connectivity index (χ1) is 46.6. The lowest BCUT2D eigenvalue weighted by Crippen LogP contribution is -2.64. The largest absolute Gasteiger partial charge is 0.507 e. The highest BCUT2D eigenvalue weighted by Gasteiger charge is 2.47. The summed E-state index contributed by atoms with van der Waals surface area (Å²) >= 11 is 0. The molecule has 3 N–H and O–H groups in total. The number of aliphatic hydroxyl groups excluding tert-OH is 1. The van der Waals surface area contributed by atoms with E-state index in [9.17, 15) is 29.1 Å². The molecule has 0 aromatic carbocycles. The Bertz CT molecular complexity index is 2690. The number of amides is 9. The van der Waals surface area contributed by atoms with E-state index in [1.54, 1.807) is 55.4 Å². The van der Waals surface area contributed by atoms with Gasteiger partial charge in [-0.2, -0.15) is 0 Å². The molecule has 2 fully saturated rings. The Morgan fingerprint density at radius 1 is 0.530 bits per heavy atom. The monoisotopic (exact) mass is 1420 g/mol. The van der Waals surface area contributed by atoms with E-state index in [0.717, 1.165) is 35.9 Å². The van der Waals surface area contributed by atoms with Crippen molar-refractivity contribution in [2.75, 3.05) is 103 Å². The lowest BCUT2D eigenvalue weighted by Gasteiger charge is -2.41. The molecule has 0 aromatic heterocycles. The Morgan fingerprint density at radius 3 is 1.55 bits per heavy atom. The molecule has 2 saturated heterocycles. The molecule has 0 radical (unpaired) electrons. The summed E-state index contributed by atoms with van der Waals surface area (Å²) in [4.78, 5) is 187. The van der Waals surface area contributed by atoms with Crippen molar-refractivity contribution < 1.29 is 81.6 Å². The Hall–Kier alpha value is -6.32. The molecule has 2 aliphatic rings. The van der Waals surface area contributed by atoms with E-state index in [1.165, 1.54) is 94.8 Å². The molecule has 9 amide bonds. The first-order valence-electron chi connectivity index (χ1n) is 36.4. The van der Waals surface area contributed by atoms with E-state index in [4.69, 9.17) is 14.2 Å². The summed E-state index contributed by atoms with van der Waals surface area (Å²) < 4.78 is 21.6. The summed E-state index contributed by atoms with van der Waals surface area (Å²) in [6.45, 7) is 31.7. The van der Waals surface area contributed by atoms with Gasteiger partial charge in [0.25, 0.3) is 0 Å². The molecule has 100 heavy (non-hydrogen) atoms. The zero-order chi connectivity index (χ0) is 76.5. The summed E-state index contributed by atoms with van der Waals surface area (Å²) in [6, 6.07) is -11.6.